The molecule has 9 heteroatoms. The molecule has 0 aliphatic rings. The maximum atomic E-state index is 10.8. The summed E-state index contributed by atoms with van der Waals surface area (Å²) in [6.45, 7) is 0. The van der Waals surface area contributed by atoms with E-state index in [0.29, 0.717) is 11.3 Å². The summed E-state index contributed by atoms with van der Waals surface area (Å²) < 4.78 is 32.3. The molecule has 0 saturated heterocycles. The third-order valence-electron chi connectivity index (χ3n) is 2.65. The van der Waals surface area contributed by atoms with Gasteiger partial charge in [-0.05, 0) is 42.0 Å². The Hall–Kier alpha value is -2.78. The maximum absolute atomic E-state index is 10.8. The highest BCUT2D eigenvalue weighted by Gasteiger charge is 2.02. The maximum Gasteiger partial charge on any atom is 0.269 e. The molecule has 2 aromatic rings. The second-order valence-electron chi connectivity index (χ2n) is 4.20. The van der Waals surface area contributed by atoms with Crippen LogP contribution in [0.15, 0.2) is 58.5 Å². The number of rotatable bonds is 5. The first-order chi connectivity index (χ1) is 10.4. The molecular formula is C13H10N3O5S-. The van der Waals surface area contributed by atoms with Crippen LogP contribution in [0.25, 0.3) is 0 Å². The van der Waals surface area contributed by atoms with Gasteiger partial charge in [-0.25, -0.2) is 8.42 Å². The third-order valence-corrected chi connectivity index (χ3v) is 3.50. The van der Waals surface area contributed by atoms with Crippen molar-refractivity contribution in [2.45, 2.75) is 4.90 Å². The van der Waals surface area contributed by atoms with Gasteiger partial charge in [0, 0.05) is 12.1 Å². The van der Waals surface area contributed by atoms with Crippen molar-refractivity contribution < 1.29 is 17.9 Å². The Morgan fingerprint density at radius 3 is 2.14 bits per heavy atom. The molecular weight excluding hydrogens is 310 g/mol. The molecule has 8 nitrogen and oxygen atoms in total. The van der Waals surface area contributed by atoms with Crippen molar-refractivity contribution >= 4 is 27.7 Å². The van der Waals surface area contributed by atoms with Crippen LogP contribution >= 0.6 is 0 Å². The predicted molar refractivity (Wildman–Crippen MR) is 78.7 cm³/mol. The minimum atomic E-state index is -4.47. The van der Waals surface area contributed by atoms with Crippen LogP contribution in [0.2, 0.25) is 0 Å². The average molecular weight is 320 g/mol. The van der Waals surface area contributed by atoms with Crippen LogP contribution in [0.4, 0.5) is 11.4 Å². The average Bonchev–Trinajstić information content (AvgIpc) is 2.47. The molecule has 2 rings (SSSR count). The molecule has 0 aliphatic carbocycles. The Balaban J connectivity index is 2.01. The fourth-order valence-electron chi connectivity index (χ4n) is 1.56. The highest BCUT2D eigenvalue weighted by atomic mass is 32.2. The molecule has 0 saturated carbocycles. The normalized spacial score (nSPS) is 11.5. The Morgan fingerprint density at radius 1 is 1.05 bits per heavy atom. The predicted octanol–water partition coefficient (Wildman–Crippen LogP) is 1.94. The zero-order valence-electron chi connectivity index (χ0n) is 11.0. The molecule has 0 aliphatic heterocycles. The summed E-state index contributed by atoms with van der Waals surface area (Å²) in [5.74, 6) is 0. The quantitative estimate of drug-likeness (QED) is 0.388. The first-order valence-corrected chi connectivity index (χ1v) is 7.36. The number of non-ortho nitro benzene ring substituents is 1. The van der Waals surface area contributed by atoms with E-state index >= 15 is 0 Å². The minimum Gasteiger partial charge on any atom is -0.744 e. The fraction of sp³-hybridized carbons (Fsp3) is 0. The summed E-state index contributed by atoms with van der Waals surface area (Å²) in [6.07, 6.45) is 1.45. The SMILES string of the molecule is O=[N+]([O-])c1ccc(/C=N\Nc2ccc(S(=O)(=O)[O-])cc2)cc1. The van der Waals surface area contributed by atoms with Gasteiger partial charge in [-0.1, -0.05) is 0 Å². The number of nitrogens with zero attached hydrogens (tertiary/aromatic N) is 2. The van der Waals surface area contributed by atoms with Gasteiger partial charge in [0.05, 0.1) is 21.7 Å². The molecule has 0 unspecified atom stereocenters. The van der Waals surface area contributed by atoms with Crippen molar-refractivity contribution in [2.75, 3.05) is 5.43 Å². The van der Waals surface area contributed by atoms with Crippen LogP contribution in [0.5, 0.6) is 0 Å². The number of nitrogens with one attached hydrogen (secondary N) is 1. The number of benzene rings is 2. The van der Waals surface area contributed by atoms with E-state index in [0.717, 1.165) is 0 Å². The highest BCUT2D eigenvalue weighted by molar-refractivity contribution is 7.85. The molecule has 0 aromatic heterocycles. The van der Waals surface area contributed by atoms with Crippen molar-refractivity contribution in [3.05, 3.63) is 64.2 Å². The molecule has 0 fully saturated rings. The zero-order chi connectivity index (χ0) is 16.2. The summed E-state index contributed by atoms with van der Waals surface area (Å²) in [6, 6.07) is 10.9. The van der Waals surface area contributed by atoms with Crippen LogP contribution in [0.3, 0.4) is 0 Å². The summed E-state index contributed by atoms with van der Waals surface area (Å²) >= 11 is 0. The first kappa shape index (κ1) is 15.6. The second kappa shape index (κ2) is 6.33. The summed E-state index contributed by atoms with van der Waals surface area (Å²) in [5, 5.41) is 14.4. The lowest BCUT2D eigenvalue weighted by molar-refractivity contribution is -0.384. The highest BCUT2D eigenvalue weighted by Crippen LogP contribution is 2.14. The topological polar surface area (TPSA) is 125 Å². The van der Waals surface area contributed by atoms with E-state index in [9.17, 15) is 23.1 Å². The van der Waals surface area contributed by atoms with Crippen LogP contribution in [-0.2, 0) is 10.1 Å². The fourth-order valence-corrected chi connectivity index (χ4v) is 2.03. The van der Waals surface area contributed by atoms with E-state index in [1.54, 1.807) is 0 Å². The Labute approximate surface area is 126 Å². The molecule has 0 heterocycles. The Bertz CT molecular complexity index is 799. The lowest BCUT2D eigenvalue weighted by Gasteiger charge is -2.07. The van der Waals surface area contributed by atoms with Gasteiger partial charge in [0.1, 0.15) is 10.1 Å². The minimum absolute atomic E-state index is 0.0143. The largest absolute Gasteiger partial charge is 0.744 e. The van der Waals surface area contributed by atoms with E-state index in [1.807, 2.05) is 0 Å². The van der Waals surface area contributed by atoms with E-state index in [1.165, 1.54) is 54.7 Å². The van der Waals surface area contributed by atoms with E-state index < -0.39 is 15.0 Å². The molecule has 114 valence electrons. The van der Waals surface area contributed by atoms with E-state index in [2.05, 4.69) is 10.5 Å². The van der Waals surface area contributed by atoms with Crippen LogP contribution in [0, 0.1) is 10.1 Å². The monoisotopic (exact) mass is 320 g/mol. The number of nitro groups is 1. The van der Waals surface area contributed by atoms with Crippen LogP contribution < -0.4 is 5.43 Å². The van der Waals surface area contributed by atoms with E-state index in [-0.39, 0.29) is 10.6 Å². The van der Waals surface area contributed by atoms with Gasteiger partial charge < -0.3 is 4.55 Å². The lowest BCUT2D eigenvalue weighted by Crippen LogP contribution is -1.98. The van der Waals surface area contributed by atoms with Crippen molar-refractivity contribution in [3.63, 3.8) is 0 Å². The van der Waals surface area contributed by atoms with Gasteiger partial charge in [-0.15, -0.1) is 0 Å². The first-order valence-electron chi connectivity index (χ1n) is 5.96. The molecule has 0 amide bonds. The lowest BCUT2D eigenvalue weighted by atomic mass is 10.2. The third kappa shape index (κ3) is 4.11. The number of hydrazone groups is 1. The van der Waals surface area contributed by atoms with Gasteiger partial charge in [0.2, 0.25) is 0 Å². The molecule has 0 radical (unpaired) electrons. The molecule has 1 N–H and O–H groups in total. The van der Waals surface area contributed by atoms with Gasteiger partial charge >= 0.3 is 0 Å². The number of nitro benzene ring substituents is 1. The van der Waals surface area contributed by atoms with Crippen molar-refractivity contribution in [2.24, 2.45) is 5.10 Å². The van der Waals surface area contributed by atoms with Gasteiger partial charge in [0.25, 0.3) is 5.69 Å². The number of hydrogen-bond donors (Lipinski definition) is 1. The Morgan fingerprint density at radius 2 is 1.64 bits per heavy atom. The number of anilines is 1. The van der Waals surface area contributed by atoms with Gasteiger partial charge in [0.15, 0.2) is 0 Å². The second-order valence-corrected chi connectivity index (χ2v) is 5.58. The summed E-state index contributed by atoms with van der Waals surface area (Å²) in [4.78, 5) is 9.69. The Kier molecular flexibility index (Phi) is 4.49. The van der Waals surface area contributed by atoms with Gasteiger partial charge in [-0.3, -0.25) is 15.5 Å². The van der Waals surface area contributed by atoms with Crippen LogP contribution in [0.1, 0.15) is 5.56 Å². The molecule has 2 aromatic carbocycles. The van der Waals surface area contributed by atoms with Crippen molar-refractivity contribution in [3.8, 4) is 0 Å². The van der Waals surface area contributed by atoms with Crippen molar-refractivity contribution in [1.29, 1.82) is 0 Å². The van der Waals surface area contributed by atoms with Crippen LogP contribution in [-0.4, -0.2) is 24.1 Å². The molecule has 0 atom stereocenters. The molecule has 0 bridgehead atoms. The summed E-state index contributed by atoms with van der Waals surface area (Å²) in [5.41, 5.74) is 3.77. The smallest absolute Gasteiger partial charge is 0.269 e. The standard InChI is InChI=1S/C13H11N3O5S/c17-16(18)12-5-1-10(2-6-12)9-14-15-11-3-7-13(8-4-11)22(19,20)21/h1-9,15H,(H,19,20,21)/p-1/b14-9-. The van der Waals surface area contributed by atoms with E-state index in [4.69, 9.17) is 0 Å². The number of hydrogen-bond acceptors (Lipinski definition) is 7. The van der Waals surface area contributed by atoms with Crippen molar-refractivity contribution in [1.82, 2.24) is 0 Å². The molecule has 22 heavy (non-hydrogen) atoms. The summed E-state index contributed by atoms with van der Waals surface area (Å²) in [7, 11) is -4.47. The van der Waals surface area contributed by atoms with Gasteiger partial charge in [-0.2, -0.15) is 5.10 Å². The molecule has 0 spiro atoms. The zero-order valence-corrected chi connectivity index (χ0v) is 11.9.